The number of hydrogen-bond donors (Lipinski definition) is 1. The van der Waals surface area contributed by atoms with Gasteiger partial charge in [-0.25, -0.2) is 14.2 Å². The van der Waals surface area contributed by atoms with E-state index in [2.05, 4.69) is 4.98 Å². The van der Waals surface area contributed by atoms with Gasteiger partial charge in [0.1, 0.15) is 11.3 Å². The molecule has 1 aromatic heterocycles. The fourth-order valence-electron chi connectivity index (χ4n) is 3.34. The number of para-hydroxylation sites is 1. The van der Waals surface area contributed by atoms with Crippen LogP contribution in [0.2, 0.25) is 0 Å². The number of pyridine rings is 1. The highest BCUT2D eigenvalue weighted by Gasteiger charge is 2.45. The molecule has 1 fully saturated rings. The molecule has 2 aromatic rings. The molecule has 1 aromatic carbocycles. The second-order valence-electron chi connectivity index (χ2n) is 5.43. The molecule has 3 nitrogen and oxygen atoms in total. The molecular weight excluding hydrogens is 245 g/mol. The molecule has 1 heterocycles. The molecule has 1 saturated carbocycles. The summed E-state index contributed by atoms with van der Waals surface area (Å²) in [6.07, 6.45) is 2.84. The zero-order valence-corrected chi connectivity index (χ0v) is 10.2. The fourth-order valence-corrected chi connectivity index (χ4v) is 3.34. The van der Waals surface area contributed by atoms with Crippen LogP contribution in [0.4, 0.5) is 4.39 Å². The van der Waals surface area contributed by atoms with E-state index in [0.29, 0.717) is 17.2 Å². The zero-order chi connectivity index (χ0) is 13.1. The van der Waals surface area contributed by atoms with Gasteiger partial charge in [-0.15, -0.1) is 0 Å². The summed E-state index contributed by atoms with van der Waals surface area (Å²) in [6.45, 7) is 0. The summed E-state index contributed by atoms with van der Waals surface area (Å²) in [4.78, 5) is 16.0. The van der Waals surface area contributed by atoms with Gasteiger partial charge in [0.05, 0.1) is 5.56 Å². The molecule has 2 unspecified atom stereocenters. The SMILES string of the molecule is O=C(O)c1c2c(nc3c(F)cccc13)C1CC1CC2. The number of aromatic carboxylic acids is 1. The highest BCUT2D eigenvalue weighted by molar-refractivity contribution is 6.04. The Bertz CT molecular complexity index is 726. The predicted octanol–water partition coefficient (Wildman–Crippen LogP) is 3.12. The average molecular weight is 257 g/mol. The lowest BCUT2D eigenvalue weighted by Gasteiger charge is -2.18. The summed E-state index contributed by atoms with van der Waals surface area (Å²) >= 11 is 0. The van der Waals surface area contributed by atoms with Gasteiger partial charge in [-0.1, -0.05) is 12.1 Å². The Morgan fingerprint density at radius 2 is 2.26 bits per heavy atom. The van der Waals surface area contributed by atoms with Crippen molar-refractivity contribution in [2.24, 2.45) is 5.92 Å². The van der Waals surface area contributed by atoms with Gasteiger partial charge in [0, 0.05) is 17.0 Å². The first kappa shape index (κ1) is 10.9. The lowest BCUT2D eigenvalue weighted by Crippen LogP contribution is -2.13. The molecule has 19 heavy (non-hydrogen) atoms. The van der Waals surface area contributed by atoms with Crippen LogP contribution in [-0.4, -0.2) is 16.1 Å². The number of benzene rings is 1. The van der Waals surface area contributed by atoms with Crippen LogP contribution in [0.5, 0.6) is 0 Å². The van der Waals surface area contributed by atoms with Crippen LogP contribution >= 0.6 is 0 Å². The number of fused-ring (bicyclic) bond motifs is 4. The van der Waals surface area contributed by atoms with Gasteiger partial charge in [-0.3, -0.25) is 0 Å². The molecular formula is C15H12FNO2. The Morgan fingerprint density at radius 3 is 3.05 bits per heavy atom. The standard InChI is InChI=1S/C15H12FNO2/c16-11-3-1-2-8-12(15(18)19)9-5-4-7-6-10(7)13(9)17-14(8)11/h1-3,7,10H,4-6H2,(H,18,19). The van der Waals surface area contributed by atoms with Crippen molar-refractivity contribution in [3.63, 3.8) is 0 Å². The maximum absolute atomic E-state index is 13.9. The van der Waals surface area contributed by atoms with Crippen LogP contribution in [0, 0.1) is 11.7 Å². The summed E-state index contributed by atoms with van der Waals surface area (Å²) in [5, 5.41) is 9.90. The van der Waals surface area contributed by atoms with Crippen LogP contribution in [0.25, 0.3) is 10.9 Å². The molecule has 0 spiro atoms. The van der Waals surface area contributed by atoms with Gasteiger partial charge < -0.3 is 5.11 Å². The van der Waals surface area contributed by atoms with Crippen molar-refractivity contribution in [2.75, 3.05) is 0 Å². The van der Waals surface area contributed by atoms with Gasteiger partial charge in [-0.05, 0) is 36.8 Å². The Kier molecular flexibility index (Phi) is 2.03. The first-order valence-corrected chi connectivity index (χ1v) is 6.51. The smallest absolute Gasteiger partial charge is 0.336 e. The maximum Gasteiger partial charge on any atom is 0.336 e. The molecule has 1 N–H and O–H groups in total. The van der Waals surface area contributed by atoms with Gasteiger partial charge >= 0.3 is 5.97 Å². The Labute approximate surface area is 109 Å². The molecule has 0 radical (unpaired) electrons. The highest BCUT2D eigenvalue weighted by atomic mass is 19.1. The third-order valence-electron chi connectivity index (χ3n) is 4.35. The molecule has 96 valence electrons. The van der Waals surface area contributed by atoms with Crippen LogP contribution in [0.15, 0.2) is 18.2 Å². The summed E-state index contributed by atoms with van der Waals surface area (Å²) in [6, 6.07) is 4.52. The molecule has 4 heteroatoms. The first-order chi connectivity index (χ1) is 9.16. The van der Waals surface area contributed by atoms with E-state index in [-0.39, 0.29) is 11.1 Å². The summed E-state index contributed by atoms with van der Waals surface area (Å²) in [7, 11) is 0. The Hall–Kier alpha value is -1.97. The molecule has 2 aliphatic carbocycles. The molecule has 0 bridgehead atoms. The molecule has 2 atom stereocenters. The van der Waals surface area contributed by atoms with Gasteiger partial charge in [0.15, 0.2) is 0 Å². The van der Waals surface area contributed by atoms with Gasteiger partial charge in [0.25, 0.3) is 0 Å². The Balaban J connectivity index is 2.13. The van der Waals surface area contributed by atoms with E-state index < -0.39 is 11.8 Å². The molecule has 0 saturated heterocycles. The van der Waals surface area contributed by atoms with E-state index in [9.17, 15) is 14.3 Å². The molecule has 2 aliphatic rings. The van der Waals surface area contributed by atoms with E-state index in [1.165, 1.54) is 6.07 Å². The molecule has 0 amide bonds. The minimum absolute atomic E-state index is 0.200. The number of carbonyl (C=O) groups is 1. The number of carboxylic acids is 1. The minimum Gasteiger partial charge on any atom is -0.478 e. The van der Waals surface area contributed by atoms with Crippen LogP contribution < -0.4 is 0 Å². The zero-order valence-electron chi connectivity index (χ0n) is 10.2. The van der Waals surface area contributed by atoms with E-state index in [0.717, 1.165) is 30.5 Å². The largest absolute Gasteiger partial charge is 0.478 e. The van der Waals surface area contributed by atoms with Crippen molar-refractivity contribution in [1.29, 1.82) is 0 Å². The van der Waals surface area contributed by atoms with Crippen molar-refractivity contribution in [1.82, 2.24) is 4.98 Å². The number of nitrogens with zero attached hydrogens (tertiary/aromatic N) is 1. The monoisotopic (exact) mass is 257 g/mol. The lowest BCUT2D eigenvalue weighted by atomic mass is 9.90. The summed E-state index contributed by atoms with van der Waals surface area (Å²) in [5.41, 5.74) is 2.10. The van der Waals surface area contributed by atoms with E-state index in [4.69, 9.17) is 0 Å². The highest BCUT2D eigenvalue weighted by Crippen LogP contribution is 2.54. The van der Waals surface area contributed by atoms with Gasteiger partial charge in [-0.2, -0.15) is 0 Å². The number of halogens is 1. The fraction of sp³-hybridized carbons (Fsp3) is 0.333. The van der Waals surface area contributed by atoms with E-state index in [1.807, 2.05) is 0 Å². The lowest BCUT2D eigenvalue weighted by molar-refractivity contribution is 0.0697. The van der Waals surface area contributed by atoms with E-state index >= 15 is 0 Å². The van der Waals surface area contributed by atoms with Crippen LogP contribution in [0.1, 0.15) is 40.4 Å². The maximum atomic E-state index is 13.9. The third-order valence-corrected chi connectivity index (χ3v) is 4.35. The topological polar surface area (TPSA) is 50.2 Å². The third kappa shape index (κ3) is 1.43. The second-order valence-corrected chi connectivity index (χ2v) is 5.43. The summed E-state index contributed by atoms with van der Waals surface area (Å²) in [5.74, 6) is -0.435. The van der Waals surface area contributed by atoms with Crippen molar-refractivity contribution in [3.05, 3.63) is 40.8 Å². The predicted molar refractivity (Wildman–Crippen MR) is 67.8 cm³/mol. The molecule has 0 aliphatic heterocycles. The molecule has 4 rings (SSSR count). The van der Waals surface area contributed by atoms with E-state index in [1.54, 1.807) is 12.1 Å². The van der Waals surface area contributed by atoms with Gasteiger partial charge in [0.2, 0.25) is 0 Å². The van der Waals surface area contributed by atoms with Crippen molar-refractivity contribution < 1.29 is 14.3 Å². The van der Waals surface area contributed by atoms with Crippen LogP contribution in [0.3, 0.4) is 0 Å². The van der Waals surface area contributed by atoms with Crippen molar-refractivity contribution in [3.8, 4) is 0 Å². The number of hydrogen-bond acceptors (Lipinski definition) is 2. The minimum atomic E-state index is -0.978. The van der Waals surface area contributed by atoms with Crippen molar-refractivity contribution >= 4 is 16.9 Å². The first-order valence-electron chi connectivity index (χ1n) is 6.51. The number of rotatable bonds is 1. The quantitative estimate of drug-likeness (QED) is 0.853. The average Bonchev–Trinajstić information content (AvgIpc) is 3.16. The Morgan fingerprint density at radius 1 is 1.42 bits per heavy atom. The number of aromatic nitrogens is 1. The van der Waals surface area contributed by atoms with Crippen LogP contribution in [-0.2, 0) is 6.42 Å². The summed E-state index contributed by atoms with van der Waals surface area (Å²) < 4.78 is 13.9. The number of carboxylic acid groups (broad SMARTS) is 1. The normalized spacial score (nSPS) is 23.8. The second kappa shape index (κ2) is 3.53. The van der Waals surface area contributed by atoms with Crippen molar-refractivity contribution in [2.45, 2.75) is 25.2 Å².